The van der Waals surface area contributed by atoms with Crippen LogP contribution < -0.4 is 5.32 Å². The lowest BCUT2D eigenvalue weighted by atomic mass is 9.79. The van der Waals surface area contributed by atoms with Gasteiger partial charge in [0, 0.05) is 17.6 Å². The molecule has 1 fully saturated rings. The van der Waals surface area contributed by atoms with Crippen molar-refractivity contribution in [3.8, 4) is 0 Å². The smallest absolute Gasteiger partial charge is 0.408 e. The van der Waals surface area contributed by atoms with E-state index in [9.17, 15) is 15.0 Å². The van der Waals surface area contributed by atoms with Crippen molar-refractivity contribution >= 4 is 11.8 Å². The quantitative estimate of drug-likeness (QED) is 0.746. The van der Waals surface area contributed by atoms with Crippen LogP contribution in [0.1, 0.15) is 38.8 Å². The highest BCUT2D eigenvalue weighted by Crippen LogP contribution is 2.52. The molecule has 5 nitrogen and oxygen atoms in total. The average molecular weight is 304 g/mol. The normalized spacial score (nSPS) is 30.5. The average Bonchev–Trinajstić information content (AvgIpc) is 2.87. The third-order valence-corrected chi connectivity index (χ3v) is 5.09. The highest BCUT2D eigenvalue weighted by Gasteiger charge is 2.53. The molecule has 120 valence electrons. The van der Waals surface area contributed by atoms with Gasteiger partial charge in [-0.2, -0.15) is 0 Å². The molecule has 1 aromatic rings. The number of carbonyl (C=O) groups is 1. The number of carboxylic acid groups (broad SMARTS) is 1. The second-order valence-corrected chi connectivity index (χ2v) is 7.44. The molecule has 0 aromatic heterocycles. The van der Waals surface area contributed by atoms with Crippen molar-refractivity contribution in [1.82, 2.24) is 4.90 Å². The van der Waals surface area contributed by atoms with Crippen LogP contribution in [-0.4, -0.2) is 39.9 Å². The molecule has 3 rings (SSSR count). The first-order chi connectivity index (χ1) is 10.3. The Morgan fingerprint density at radius 2 is 2.05 bits per heavy atom. The number of nitrogens with one attached hydrogen (secondary N) is 1. The number of anilines is 1. The molecule has 1 amide bonds. The Hall–Kier alpha value is -1.75. The minimum atomic E-state index is -0.874. The lowest BCUT2D eigenvalue weighted by molar-refractivity contribution is 0.0822. The van der Waals surface area contributed by atoms with E-state index >= 15 is 0 Å². The Labute approximate surface area is 130 Å². The van der Waals surface area contributed by atoms with E-state index in [1.54, 1.807) is 4.90 Å². The van der Waals surface area contributed by atoms with Crippen LogP contribution in [0.2, 0.25) is 0 Å². The summed E-state index contributed by atoms with van der Waals surface area (Å²) < 4.78 is 0. The number of rotatable bonds is 1. The second kappa shape index (κ2) is 5.16. The van der Waals surface area contributed by atoms with Crippen LogP contribution >= 0.6 is 0 Å². The van der Waals surface area contributed by atoms with Crippen molar-refractivity contribution in [1.29, 1.82) is 0 Å². The van der Waals surface area contributed by atoms with E-state index in [0.717, 1.165) is 17.7 Å². The van der Waals surface area contributed by atoms with Crippen molar-refractivity contribution in [3.05, 3.63) is 29.8 Å². The molecule has 2 aliphatic rings. The zero-order valence-electron chi connectivity index (χ0n) is 13.3. The van der Waals surface area contributed by atoms with E-state index in [-0.39, 0.29) is 36.1 Å². The number of amides is 1. The summed E-state index contributed by atoms with van der Waals surface area (Å²) in [7, 11) is 0. The summed E-state index contributed by atoms with van der Waals surface area (Å²) in [6.45, 7) is 6.26. The number of aliphatic hydroxyl groups is 1. The SMILES string of the molecule is CC(C)(C)C1C[C@@H]2[C@H](CO)Nc3ccccc3[C@@H]2N1C(=O)O. The van der Waals surface area contributed by atoms with Crippen LogP contribution in [0.4, 0.5) is 10.5 Å². The minimum Gasteiger partial charge on any atom is -0.465 e. The van der Waals surface area contributed by atoms with Crippen LogP contribution in [-0.2, 0) is 0 Å². The fourth-order valence-corrected chi connectivity index (χ4v) is 4.06. The van der Waals surface area contributed by atoms with Crippen molar-refractivity contribution < 1.29 is 15.0 Å². The Bertz CT molecular complexity index is 582. The molecule has 2 heterocycles. The summed E-state index contributed by atoms with van der Waals surface area (Å²) in [5, 5.41) is 22.9. The molecule has 22 heavy (non-hydrogen) atoms. The fourth-order valence-electron chi connectivity index (χ4n) is 4.06. The van der Waals surface area contributed by atoms with Crippen molar-refractivity contribution in [2.45, 2.75) is 45.3 Å². The molecular weight excluding hydrogens is 280 g/mol. The van der Waals surface area contributed by atoms with Crippen LogP contribution in [0, 0.1) is 11.3 Å². The zero-order valence-corrected chi connectivity index (χ0v) is 13.3. The highest BCUT2D eigenvalue weighted by atomic mass is 16.4. The van der Waals surface area contributed by atoms with E-state index in [0.29, 0.717) is 0 Å². The number of hydrogen-bond donors (Lipinski definition) is 3. The molecule has 0 aliphatic carbocycles. The molecule has 2 aliphatic heterocycles. The van der Waals surface area contributed by atoms with Gasteiger partial charge in [-0.15, -0.1) is 0 Å². The number of likely N-dealkylation sites (tertiary alicyclic amines) is 1. The Morgan fingerprint density at radius 3 is 2.64 bits per heavy atom. The number of nitrogens with zero attached hydrogens (tertiary/aromatic N) is 1. The van der Waals surface area contributed by atoms with Gasteiger partial charge in [-0.25, -0.2) is 4.79 Å². The van der Waals surface area contributed by atoms with Crippen molar-refractivity contribution in [3.63, 3.8) is 0 Å². The first-order valence-corrected chi connectivity index (χ1v) is 7.82. The number of hydrogen-bond acceptors (Lipinski definition) is 3. The third kappa shape index (κ3) is 2.24. The largest absolute Gasteiger partial charge is 0.465 e. The van der Waals surface area contributed by atoms with E-state index in [1.165, 1.54) is 0 Å². The van der Waals surface area contributed by atoms with Gasteiger partial charge in [0.1, 0.15) is 0 Å². The Kier molecular flexibility index (Phi) is 3.56. The van der Waals surface area contributed by atoms with Gasteiger partial charge in [-0.1, -0.05) is 39.0 Å². The van der Waals surface area contributed by atoms with Gasteiger partial charge in [0.05, 0.1) is 18.7 Å². The molecule has 1 saturated heterocycles. The first kappa shape index (κ1) is 15.2. The molecule has 0 radical (unpaired) electrons. The lowest BCUT2D eigenvalue weighted by Crippen LogP contribution is -2.45. The third-order valence-electron chi connectivity index (χ3n) is 5.09. The highest BCUT2D eigenvalue weighted by molar-refractivity contribution is 5.69. The van der Waals surface area contributed by atoms with Crippen LogP contribution in [0.15, 0.2) is 24.3 Å². The molecule has 5 heteroatoms. The minimum absolute atomic E-state index is 0.0137. The van der Waals surface area contributed by atoms with Crippen LogP contribution in [0.5, 0.6) is 0 Å². The summed E-state index contributed by atoms with van der Waals surface area (Å²) >= 11 is 0. The fraction of sp³-hybridized carbons (Fsp3) is 0.588. The summed E-state index contributed by atoms with van der Waals surface area (Å²) in [5.41, 5.74) is 1.82. The summed E-state index contributed by atoms with van der Waals surface area (Å²) in [6, 6.07) is 7.49. The van der Waals surface area contributed by atoms with Crippen LogP contribution in [0.25, 0.3) is 0 Å². The van der Waals surface area contributed by atoms with Gasteiger partial charge < -0.3 is 15.5 Å². The lowest BCUT2D eigenvalue weighted by Gasteiger charge is -2.40. The van der Waals surface area contributed by atoms with E-state index < -0.39 is 6.09 Å². The maximum Gasteiger partial charge on any atom is 0.408 e. The predicted octanol–water partition coefficient (Wildman–Crippen LogP) is 2.93. The van der Waals surface area contributed by atoms with Gasteiger partial charge in [0.2, 0.25) is 0 Å². The predicted molar refractivity (Wildman–Crippen MR) is 84.9 cm³/mol. The van der Waals surface area contributed by atoms with E-state index in [4.69, 9.17) is 0 Å². The van der Waals surface area contributed by atoms with E-state index in [1.807, 2.05) is 24.3 Å². The number of para-hydroxylation sites is 1. The number of fused-ring (bicyclic) bond motifs is 3. The maximum absolute atomic E-state index is 12.0. The summed E-state index contributed by atoms with van der Waals surface area (Å²) in [5.74, 6) is 0.0974. The molecule has 1 unspecified atom stereocenters. The van der Waals surface area contributed by atoms with E-state index in [2.05, 4.69) is 26.1 Å². The summed E-state index contributed by atoms with van der Waals surface area (Å²) in [4.78, 5) is 13.6. The van der Waals surface area contributed by atoms with Gasteiger partial charge >= 0.3 is 6.09 Å². The molecule has 4 atom stereocenters. The molecule has 0 spiro atoms. The Balaban J connectivity index is 2.11. The maximum atomic E-state index is 12.0. The molecular formula is C17H24N2O3. The molecule has 0 saturated carbocycles. The molecule has 3 N–H and O–H groups in total. The zero-order chi connectivity index (χ0) is 16.1. The van der Waals surface area contributed by atoms with Crippen LogP contribution in [0.3, 0.4) is 0 Å². The molecule has 0 bridgehead atoms. The van der Waals surface area contributed by atoms with Gasteiger partial charge in [-0.3, -0.25) is 4.90 Å². The molecule has 1 aromatic carbocycles. The monoisotopic (exact) mass is 304 g/mol. The standard InChI is InChI=1S/C17H24N2O3/c1-17(2,3)14-8-11-13(9-20)18-12-7-5-4-6-10(12)15(11)19(14)16(21)22/h4-7,11,13-15,18,20H,8-9H2,1-3H3,(H,21,22)/t11-,13+,14?,15+/m1/s1. The van der Waals surface area contributed by atoms with Gasteiger partial charge in [0.15, 0.2) is 0 Å². The number of aliphatic hydroxyl groups excluding tert-OH is 1. The second-order valence-electron chi connectivity index (χ2n) is 7.44. The topological polar surface area (TPSA) is 72.8 Å². The first-order valence-electron chi connectivity index (χ1n) is 7.82. The van der Waals surface area contributed by atoms with Crippen molar-refractivity contribution in [2.75, 3.05) is 11.9 Å². The Morgan fingerprint density at radius 1 is 1.36 bits per heavy atom. The van der Waals surface area contributed by atoms with Gasteiger partial charge in [0.25, 0.3) is 0 Å². The van der Waals surface area contributed by atoms with Gasteiger partial charge in [-0.05, 0) is 23.5 Å². The van der Waals surface area contributed by atoms with Crippen molar-refractivity contribution in [2.24, 2.45) is 11.3 Å². The number of benzene rings is 1. The summed E-state index contributed by atoms with van der Waals surface area (Å²) in [6.07, 6.45) is -0.103.